The van der Waals surface area contributed by atoms with Gasteiger partial charge in [-0.05, 0) is 40.3 Å². The third kappa shape index (κ3) is 6.35. The van der Waals surface area contributed by atoms with Crippen LogP contribution in [0.1, 0.15) is 33.6 Å². The quantitative estimate of drug-likeness (QED) is 0.648. The molecule has 0 aliphatic carbocycles. The fraction of sp³-hybridized carbons (Fsp3) is 1.00. The van der Waals surface area contributed by atoms with Gasteiger partial charge in [0, 0.05) is 12.6 Å². The van der Waals surface area contributed by atoms with Crippen LogP contribution in [0.15, 0.2) is 0 Å². The van der Waals surface area contributed by atoms with E-state index in [-0.39, 0.29) is 0 Å². The summed E-state index contributed by atoms with van der Waals surface area (Å²) in [5, 5.41) is 0. The first kappa shape index (κ1) is 13.9. The highest BCUT2D eigenvalue weighted by molar-refractivity contribution is 4.67. The van der Waals surface area contributed by atoms with Gasteiger partial charge in [-0.2, -0.15) is 0 Å². The Morgan fingerprint density at radius 3 is 2.43 bits per heavy atom. The van der Waals surface area contributed by atoms with Crippen LogP contribution in [0.5, 0.6) is 0 Å². The van der Waals surface area contributed by atoms with Crippen LogP contribution < -0.4 is 5.73 Å². The van der Waals surface area contributed by atoms with Gasteiger partial charge in [0.15, 0.2) is 0 Å². The minimum atomic E-state index is 0.331. The van der Waals surface area contributed by atoms with Crippen LogP contribution in [0.3, 0.4) is 0 Å². The van der Waals surface area contributed by atoms with Crippen molar-refractivity contribution < 1.29 is 4.74 Å². The van der Waals surface area contributed by atoms with Gasteiger partial charge >= 0.3 is 0 Å². The number of ether oxygens (including phenoxy) is 1. The molecule has 0 aromatic rings. The monoisotopic (exact) mass is 202 g/mol. The predicted octanol–water partition coefficient (Wildman–Crippen LogP) is 1.47. The maximum absolute atomic E-state index is 5.56. The van der Waals surface area contributed by atoms with Gasteiger partial charge in [0.25, 0.3) is 0 Å². The Morgan fingerprint density at radius 1 is 1.36 bits per heavy atom. The number of likely N-dealkylation sites (N-methyl/N-ethyl adjacent to an activating group) is 1. The normalized spacial score (nSPS) is 13.9. The van der Waals surface area contributed by atoms with Crippen molar-refractivity contribution in [2.75, 3.05) is 26.7 Å². The standard InChI is InChI=1S/C11H26N2O/c1-5-11(6-7-12)13(4)8-9-14-10(2)3/h10-11H,5-9,12H2,1-4H3. The number of hydrogen-bond acceptors (Lipinski definition) is 3. The Bertz CT molecular complexity index is 128. The average molecular weight is 202 g/mol. The highest BCUT2D eigenvalue weighted by atomic mass is 16.5. The Kier molecular flexibility index (Phi) is 8.14. The van der Waals surface area contributed by atoms with Gasteiger partial charge in [-0.3, -0.25) is 0 Å². The lowest BCUT2D eigenvalue weighted by Gasteiger charge is -2.26. The summed E-state index contributed by atoms with van der Waals surface area (Å²) in [6.07, 6.45) is 2.57. The first-order valence-corrected chi connectivity index (χ1v) is 5.63. The zero-order valence-electron chi connectivity index (χ0n) is 10.1. The van der Waals surface area contributed by atoms with Crippen LogP contribution >= 0.6 is 0 Å². The number of nitrogens with two attached hydrogens (primary N) is 1. The molecule has 3 heteroatoms. The van der Waals surface area contributed by atoms with E-state index in [4.69, 9.17) is 10.5 Å². The minimum Gasteiger partial charge on any atom is -0.377 e. The van der Waals surface area contributed by atoms with E-state index in [0.29, 0.717) is 12.1 Å². The zero-order chi connectivity index (χ0) is 11.0. The van der Waals surface area contributed by atoms with Gasteiger partial charge in [0.1, 0.15) is 0 Å². The Hall–Kier alpha value is -0.120. The summed E-state index contributed by atoms with van der Waals surface area (Å²) in [6.45, 7) is 8.92. The third-order valence-electron chi connectivity index (χ3n) is 2.49. The summed E-state index contributed by atoms with van der Waals surface area (Å²) in [5.41, 5.74) is 5.56. The van der Waals surface area contributed by atoms with Crippen LogP contribution in [0.2, 0.25) is 0 Å². The molecule has 1 atom stereocenters. The Balaban J connectivity index is 3.63. The maximum Gasteiger partial charge on any atom is 0.0596 e. The van der Waals surface area contributed by atoms with E-state index in [1.807, 2.05) is 0 Å². The molecule has 3 nitrogen and oxygen atoms in total. The molecule has 0 saturated heterocycles. The van der Waals surface area contributed by atoms with E-state index in [1.165, 1.54) is 0 Å². The van der Waals surface area contributed by atoms with Gasteiger partial charge in [0.2, 0.25) is 0 Å². The van der Waals surface area contributed by atoms with Crippen LogP contribution in [-0.4, -0.2) is 43.8 Å². The van der Waals surface area contributed by atoms with Gasteiger partial charge in [-0.25, -0.2) is 0 Å². The topological polar surface area (TPSA) is 38.5 Å². The Labute approximate surface area is 88.6 Å². The second-order valence-corrected chi connectivity index (χ2v) is 4.04. The summed E-state index contributed by atoms with van der Waals surface area (Å²) in [5.74, 6) is 0. The smallest absolute Gasteiger partial charge is 0.0596 e. The van der Waals surface area contributed by atoms with Crippen LogP contribution in [0, 0.1) is 0 Å². The molecule has 0 rings (SSSR count). The lowest BCUT2D eigenvalue weighted by atomic mass is 10.1. The first-order valence-electron chi connectivity index (χ1n) is 5.63. The molecular weight excluding hydrogens is 176 g/mol. The van der Waals surface area contributed by atoms with Crippen molar-refractivity contribution in [1.29, 1.82) is 0 Å². The SMILES string of the molecule is CCC(CCN)N(C)CCOC(C)C. The largest absolute Gasteiger partial charge is 0.377 e. The summed E-state index contributed by atoms with van der Waals surface area (Å²) >= 11 is 0. The molecular formula is C11H26N2O. The molecule has 0 saturated carbocycles. The highest BCUT2D eigenvalue weighted by Crippen LogP contribution is 2.05. The van der Waals surface area contributed by atoms with E-state index in [9.17, 15) is 0 Å². The van der Waals surface area contributed by atoms with Crippen molar-refractivity contribution in [3.05, 3.63) is 0 Å². The molecule has 1 unspecified atom stereocenters. The molecule has 0 aromatic carbocycles. The van der Waals surface area contributed by atoms with Crippen molar-refractivity contribution in [3.63, 3.8) is 0 Å². The Morgan fingerprint density at radius 2 is 2.00 bits per heavy atom. The number of nitrogens with zero attached hydrogens (tertiary/aromatic N) is 1. The predicted molar refractivity (Wildman–Crippen MR) is 61.5 cm³/mol. The average Bonchev–Trinajstić information content (AvgIpc) is 2.13. The van der Waals surface area contributed by atoms with E-state index in [1.54, 1.807) is 0 Å². The molecule has 0 bridgehead atoms. The molecule has 0 radical (unpaired) electrons. The minimum absolute atomic E-state index is 0.331. The van der Waals surface area contributed by atoms with Crippen molar-refractivity contribution in [2.45, 2.75) is 45.8 Å². The van der Waals surface area contributed by atoms with E-state index in [0.717, 1.165) is 32.5 Å². The second kappa shape index (κ2) is 8.21. The fourth-order valence-corrected chi connectivity index (χ4v) is 1.54. The molecule has 2 N–H and O–H groups in total. The summed E-state index contributed by atoms with van der Waals surface area (Å²) in [7, 11) is 2.15. The van der Waals surface area contributed by atoms with Crippen molar-refractivity contribution >= 4 is 0 Å². The molecule has 0 spiro atoms. The molecule has 86 valence electrons. The second-order valence-electron chi connectivity index (χ2n) is 4.04. The van der Waals surface area contributed by atoms with E-state index >= 15 is 0 Å². The van der Waals surface area contributed by atoms with Crippen molar-refractivity contribution in [2.24, 2.45) is 5.73 Å². The van der Waals surface area contributed by atoms with Crippen molar-refractivity contribution in [3.8, 4) is 0 Å². The number of rotatable bonds is 8. The first-order chi connectivity index (χ1) is 6.61. The fourth-order valence-electron chi connectivity index (χ4n) is 1.54. The van der Waals surface area contributed by atoms with Gasteiger partial charge in [-0.15, -0.1) is 0 Å². The lowest BCUT2D eigenvalue weighted by molar-refractivity contribution is 0.0547. The van der Waals surface area contributed by atoms with Crippen LogP contribution in [0.4, 0.5) is 0 Å². The van der Waals surface area contributed by atoms with Crippen LogP contribution in [0.25, 0.3) is 0 Å². The zero-order valence-corrected chi connectivity index (χ0v) is 10.1. The van der Waals surface area contributed by atoms with E-state index in [2.05, 4.69) is 32.7 Å². The highest BCUT2D eigenvalue weighted by Gasteiger charge is 2.11. The summed E-state index contributed by atoms with van der Waals surface area (Å²) < 4.78 is 5.51. The molecule has 0 amide bonds. The summed E-state index contributed by atoms with van der Waals surface area (Å²) in [4.78, 5) is 2.34. The molecule has 0 fully saturated rings. The molecule has 0 aromatic heterocycles. The molecule has 0 heterocycles. The number of hydrogen-bond donors (Lipinski definition) is 1. The molecule has 14 heavy (non-hydrogen) atoms. The third-order valence-corrected chi connectivity index (χ3v) is 2.49. The van der Waals surface area contributed by atoms with Gasteiger partial charge in [-0.1, -0.05) is 6.92 Å². The summed E-state index contributed by atoms with van der Waals surface area (Å²) in [6, 6.07) is 0.607. The van der Waals surface area contributed by atoms with Crippen molar-refractivity contribution in [1.82, 2.24) is 4.90 Å². The van der Waals surface area contributed by atoms with Crippen LogP contribution in [-0.2, 0) is 4.74 Å². The maximum atomic E-state index is 5.56. The lowest BCUT2D eigenvalue weighted by Crippen LogP contribution is -2.35. The van der Waals surface area contributed by atoms with Gasteiger partial charge < -0.3 is 15.4 Å². The molecule has 0 aliphatic heterocycles. The molecule has 0 aliphatic rings. The van der Waals surface area contributed by atoms with Gasteiger partial charge in [0.05, 0.1) is 12.7 Å². The van der Waals surface area contributed by atoms with E-state index < -0.39 is 0 Å².